The van der Waals surface area contributed by atoms with Crippen molar-refractivity contribution in [1.29, 1.82) is 0 Å². The molecule has 0 saturated carbocycles. The Hall–Kier alpha value is -2.28. The Morgan fingerprint density at radius 3 is 2.52 bits per heavy atom. The molecule has 0 heterocycles. The van der Waals surface area contributed by atoms with Crippen molar-refractivity contribution in [3.05, 3.63) is 29.3 Å². The Labute approximate surface area is 138 Å². The average Bonchev–Trinajstić information content (AvgIpc) is 2.51. The van der Waals surface area contributed by atoms with E-state index in [1.54, 1.807) is 13.0 Å². The first-order valence-electron chi connectivity index (χ1n) is 7.86. The zero-order chi connectivity index (χ0) is 17.2. The minimum absolute atomic E-state index is 0.179. The van der Waals surface area contributed by atoms with E-state index in [1.807, 2.05) is 32.9 Å². The van der Waals surface area contributed by atoms with Crippen LogP contribution in [0.1, 0.15) is 50.7 Å². The van der Waals surface area contributed by atoms with Crippen LogP contribution in [0.25, 0.3) is 0 Å². The molecule has 4 nitrogen and oxygen atoms in total. The summed E-state index contributed by atoms with van der Waals surface area (Å²) in [6.07, 6.45) is 1.05. The third kappa shape index (κ3) is 6.56. The van der Waals surface area contributed by atoms with Crippen LogP contribution in [0.3, 0.4) is 0 Å². The van der Waals surface area contributed by atoms with E-state index < -0.39 is 0 Å². The number of carbonyl (C=O) groups excluding carboxylic acids is 2. The van der Waals surface area contributed by atoms with Crippen LogP contribution >= 0.6 is 0 Å². The molecule has 0 aromatic heterocycles. The van der Waals surface area contributed by atoms with Crippen LogP contribution in [-0.4, -0.2) is 18.0 Å². The molecule has 0 radical (unpaired) electrons. The fourth-order valence-corrected chi connectivity index (χ4v) is 1.98. The largest absolute Gasteiger partial charge is 0.449 e. The number of esters is 2. The molecular formula is C19H24O4. The Bertz CT molecular complexity index is 608. The fourth-order valence-electron chi connectivity index (χ4n) is 1.98. The lowest BCUT2D eigenvalue weighted by Crippen LogP contribution is -2.16. The van der Waals surface area contributed by atoms with Crippen molar-refractivity contribution >= 4 is 11.9 Å². The van der Waals surface area contributed by atoms with Crippen LogP contribution in [-0.2, 0) is 14.3 Å². The highest BCUT2D eigenvalue weighted by Gasteiger charge is 2.12. The monoisotopic (exact) mass is 316 g/mol. The molecule has 1 rings (SSSR count). The van der Waals surface area contributed by atoms with Crippen molar-refractivity contribution in [3.63, 3.8) is 0 Å². The number of hydrogen-bond donors (Lipinski definition) is 0. The minimum Gasteiger partial charge on any atom is -0.449 e. The van der Waals surface area contributed by atoms with E-state index in [0.717, 1.165) is 11.1 Å². The summed E-state index contributed by atoms with van der Waals surface area (Å²) < 4.78 is 10.5. The predicted octanol–water partition coefficient (Wildman–Crippen LogP) is 3.72. The maximum absolute atomic E-state index is 11.8. The van der Waals surface area contributed by atoms with Crippen molar-refractivity contribution in [1.82, 2.24) is 0 Å². The van der Waals surface area contributed by atoms with Crippen LogP contribution in [0, 0.1) is 25.7 Å². The van der Waals surface area contributed by atoms with E-state index in [9.17, 15) is 9.59 Å². The van der Waals surface area contributed by atoms with E-state index in [4.69, 9.17) is 9.47 Å². The number of ether oxygens (including phenoxy) is 2. The Morgan fingerprint density at radius 2 is 1.87 bits per heavy atom. The van der Waals surface area contributed by atoms with Gasteiger partial charge in [0.2, 0.25) is 0 Å². The second-order valence-electron chi connectivity index (χ2n) is 5.31. The lowest BCUT2D eigenvalue weighted by molar-refractivity contribution is -0.146. The quantitative estimate of drug-likeness (QED) is 0.437. The van der Waals surface area contributed by atoms with Gasteiger partial charge in [0.15, 0.2) is 6.10 Å². The molecular weight excluding hydrogens is 292 g/mol. The molecule has 1 unspecified atom stereocenters. The van der Waals surface area contributed by atoms with Gasteiger partial charge in [-0.2, -0.15) is 0 Å². The molecule has 1 aromatic carbocycles. The third-order valence-electron chi connectivity index (χ3n) is 3.49. The second-order valence-corrected chi connectivity index (χ2v) is 5.31. The van der Waals surface area contributed by atoms with Gasteiger partial charge in [-0.1, -0.05) is 25.0 Å². The lowest BCUT2D eigenvalue weighted by atomic mass is 10.1. The van der Waals surface area contributed by atoms with E-state index in [1.165, 1.54) is 0 Å². The summed E-state index contributed by atoms with van der Waals surface area (Å²) in [4.78, 5) is 23.5. The van der Waals surface area contributed by atoms with Gasteiger partial charge >= 0.3 is 11.9 Å². The maximum Gasteiger partial charge on any atom is 0.311 e. The van der Waals surface area contributed by atoms with Crippen LogP contribution in [0.2, 0.25) is 0 Å². The number of hydrogen-bond acceptors (Lipinski definition) is 4. The van der Waals surface area contributed by atoms with Crippen LogP contribution in [0.4, 0.5) is 0 Å². The standard InChI is InChI=1S/C19H24O4/c1-5-9-16(6-2)22-18(20)12-8-13-19(21)23-17-11-7-10-14(3)15(17)4/h7,10-11,16H,6,8,12-13H2,1-4H3. The first-order chi connectivity index (χ1) is 11.0. The van der Waals surface area contributed by atoms with E-state index >= 15 is 0 Å². The second kappa shape index (κ2) is 9.68. The fraction of sp³-hybridized carbons (Fsp3) is 0.474. The smallest absolute Gasteiger partial charge is 0.311 e. The van der Waals surface area contributed by atoms with E-state index in [2.05, 4.69) is 11.8 Å². The molecule has 0 aliphatic rings. The summed E-state index contributed by atoms with van der Waals surface area (Å²) in [5.74, 6) is 5.45. The molecule has 0 N–H and O–H groups in total. The number of carbonyl (C=O) groups is 2. The number of rotatable bonds is 7. The van der Waals surface area contributed by atoms with Crippen molar-refractivity contribution in [2.45, 2.75) is 59.5 Å². The molecule has 0 aliphatic carbocycles. The Morgan fingerprint density at radius 1 is 1.17 bits per heavy atom. The van der Waals surface area contributed by atoms with Gasteiger partial charge in [-0.15, -0.1) is 5.92 Å². The van der Waals surface area contributed by atoms with Gasteiger partial charge in [0.1, 0.15) is 5.75 Å². The Kier molecular flexibility index (Phi) is 7.90. The van der Waals surface area contributed by atoms with E-state index in [0.29, 0.717) is 18.6 Å². The van der Waals surface area contributed by atoms with Crippen molar-refractivity contribution in [2.24, 2.45) is 0 Å². The zero-order valence-corrected chi connectivity index (χ0v) is 14.3. The molecule has 0 saturated heterocycles. The highest BCUT2D eigenvalue weighted by molar-refractivity contribution is 5.74. The molecule has 23 heavy (non-hydrogen) atoms. The van der Waals surface area contributed by atoms with Crippen molar-refractivity contribution in [2.75, 3.05) is 0 Å². The number of benzene rings is 1. The molecule has 0 aliphatic heterocycles. The summed E-state index contributed by atoms with van der Waals surface area (Å²) in [6, 6.07) is 5.58. The van der Waals surface area contributed by atoms with Gasteiger partial charge in [0.25, 0.3) is 0 Å². The normalized spacial score (nSPS) is 11.1. The van der Waals surface area contributed by atoms with Gasteiger partial charge in [-0.25, -0.2) is 0 Å². The molecule has 0 bridgehead atoms. The van der Waals surface area contributed by atoms with Gasteiger partial charge < -0.3 is 9.47 Å². The average molecular weight is 316 g/mol. The lowest BCUT2D eigenvalue weighted by Gasteiger charge is -2.10. The molecule has 4 heteroatoms. The third-order valence-corrected chi connectivity index (χ3v) is 3.49. The summed E-state index contributed by atoms with van der Waals surface area (Å²) >= 11 is 0. The first-order valence-corrected chi connectivity index (χ1v) is 7.86. The molecule has 0 fully saturated rings. The molecule has 1 atom stereocenters. The highest BCUT2D eigenvalue weighted by atomic mass is 16.5. The zero-order valence-electron chi connectivity index (χ0n) is 14.3. The molecule has 0 spiro atoms. The number of aryl methyl sites for hydroxylation is 1. The summed E-state index contributed by atoms with van der Waals surface area (Å²) in [5, 5.41) is 0. The van der Waals surface area contributed by atoms with Gasteiger partial charge in [0, 0.05) is 12.8 Å². The highest BCUT2D eigenvalue weighted by Crippen LogP contribution is 2.21. The molecule has 0 amide bonds. The van der Waals surface area contributed by atoms with Gasteiger partial charge in [-0.05, 0) is 50.8 Å². The van der Waals surface area contributed by atoms with E-state index in [-0.39, 0.29) is 30.9 Å². The Balaban J connectivity index is 2.37. The SMILES string of the molecule is CC#CC(CC)OC(=O)CCCC(=O)Oc1cccc(C)c1C. The predicted molar refractivity (Wildman–Crippen MR) is 89.0 cm³/mol. The van der Waals surface area contributed by atoms with Crippen molar-refractivity contribution in [3.8, 4) is 17.6 Å². The van der Waals surface area contributed by atoms with Crippen LogP contribution in [0.5, 0.6) is 5.75 Å². The molecule has 124 valence electrons. The molecule has 1 aromatic rings. The van der Waals surface area contributed by atoms with Crippen LogP contribution in [0.15, 0.2) is 18.2 Å². The van der Waals surface area contributed by atoms with Gasteiger partial charge in [-0.3, -0.25) is 9.59 Å². The minimum atomic E-state index is -0.366. The summed E-state index contributed by atoms with van der Waals surface area (Å²) in [5.41, 5.74) is 2.02. The summed E-state index contributed by atoms with van der Waals surface area (Å²) in [6.45, 7) is 7.49. The van der Waals surface area contributed by atoms with Gasteiger partial charge in [0.05, 0.1) is 0 Å². The maximum atomic E-state index is 11.8. The topological polar surface area (TPSA) is 52.6 Å². The van der Waals surface area contributed by atoms with Crippen molar-refractivity contribution < 1.29 is 19.1 Å². The first kappa shape index (κ1) is 18.8. The summed E-state index contributed by atoms with van der Waals surface area (Å²) in [7, 11) is 0. The van der Waals surface area contributed by atoms with Crippen LogP contribution < -0.4 is 4.74 Å².